The van der Waals surface area contributed by atoms with Crippen molar-refractivity contribution in [2.24, 2.45) is 0 Å². The number of nitro benzene ring substituents is 1. The Morgan fingerprint density at radius 1 is 1.23 bits per heavy atom. The molecule has 130 valence electrons. The summed E-state index contributed by atoms with van der Waals surface area (Å²) in [4.78, 5) is 33.5. The lowest BCUT2D eigenvalue weighted by Gasteiger charge is -2.05. The Hall–Kier alpha value is -4.19. The molecular formula is C17H11N3O6. The molecule has 26 heavy (non-hydrogen) atoms. The number of carboxylic acid groups (broad SMARTS) is 1. The molecule has 0 heterocycles. The van der Waals surface area contributed by atoms with E-state index >= 15 is 0 Å². The number of anilines is 1. The summed E-state index contributed by atoms with van der Waals surface area (Å²) in [5.41, 5.74) is -0.896. The maximum Gasteiger partial charge on any atom is 0.335 e. The van der Waals surface area contributed by atoms with Crippen LogP contribution in [0.5, 0.6) is 5.75 Å². The van der Waals surface area contributed by atoms with Crippen molar-refractivity contribution in [3.05, 3.63) is 69.3 Å². The van der Waals surface area contributed by atoms with Crippen molar-refractivity contribution < 1.29 is 24.7 Å². The van der Waals surface area contributed by atoms with E-state index in [-0.39, 0.29) is 22.6 Å². The largest absolute Gasteiger partial charge is 0.508 e. The smallest absolute Gasteiger partial charge is 0.335 e. The molecule has 0 spiro atoms. The topological polar surface area (TPSA) is 154 Å². The number of amides is 1. The van der Waals surface area contributed by atoms with Crippen molar-refractivity contribution in [3.63, 3.8) is 0 Å². The highest BCUT2D eigenvalue weighted by Gasteiger charge is 2.16. The molecule has 0 atom stereocenters. The number of nitrogens with zero attached hydrogens (tertiary/aromatic N) is 2. The summed E-state index contributed by atoms with van der Waals surface area (Å²) in [5, 5.41) is 40.9. The van der Waals surface area contributed by atoms with Crippen LogP contribution in [0.2, 0.25) is 0 Å². The number of nitriles is 1. The predicted octanol–water partition coefficient (Wildman–Crippen LogP) is 2.54. The van der Waals surface area contributed by atoms with Crippen LogP contribution in [0.4, 0.5) is 11.4 Å². The number of rotatable bonds is 5. The number of phenols is 1. The fraction of sp³-hybridized carbons (Fsp3) is 0. The number of carbonyl (C=O) groups is 2. The number of carbonyl (C=O) groups excluding carboxylic acids is 1. The lowest BCUT2D eigenvalue weighted by molar-refractivity contribution is -0.385. The summed E-state index contributed by atoms with van der Waals surface area (Å²) >= 11 is 0. The first-order valence-corrected chi connectivity index (χ1v) is 7.05. The first kappa shape index (κ1) is 18.2. The molecule has 0 saturated carbocycles. The van der Waals surface area contributed by atoms with Crippen molar-refractivity contribution in [1.29, 1.82) is 5.26 Å². The third kappa shape index (κ3) is 4.21. The number of carboxylic acids is 1. The molecule has 0 saturated heterocycles. The molecular weight excluding hydrogens is 342 g/mol. The number of aromatic hydroxyl groups is 1. The molecule has 0 aromatic heterocycles. The fourth-order valence-electron chi connectivity index (χ4n) is 2.06. The first-order chi connectivity index (χ1) is 12.3. The van der Waals surface area contributed by atoms with Crippen LogP contribution in [-0.2, 0) is 4.79 Å². The van der Waals surface area contributed by atoms with Gasteiger partial charge in [-0.2, -0.15) is 5.26 Å². The van der Waals surface area contributed by atoms with E-state index in [2.05, 4.69) is 5.32 Å². The first-order valence-electron chi connectivity index (χ1n) is 7.05. The highest BCUT2D eigenvalue weighted by Crippen LogP contribution is 2.25. The van der Waals surface area contributed by atoms with Gasteiger partial charge in [-0.05, 0) is 36.4 Å². The van der Waals surface area contributed by atoms with E-state index in [1.165, 1.54) is 24.3 Å². The number of nitrogens with one attached hydrogen (secondary N) is 1. The molecule has 1 amide bonds. The van der Waals surface area contributed by atoms with Gasteiger partial charge in [0.1, 0.15) is 17.4 Å². The van der Waals surface area contributed by atoms with E-state index < -0.39 is 28.1 Å². The van der Waals surface area contributed by atoms with Gasteiger partial charge in [-0.1, -0.05) is 6.07 Å². The zero-order chi connectivity index (χ0) is 19.3. The van der Waals surface area contributed by atoms with Gasteiger partial charge in [-0.3, -0.25) is 14.9 Å². The van der Waals surface area contributed by atoms with Crippen LogP contribution in [0.3, 0.4) is 0 Å². The van der Waals surface area contributed by atoms with Crippen molar-refractivity contribution in [1.82, 2.24) is 0 Å². The highest BCUT2D eigenvalue weighted by atomic mass is 16.6. The summed E-state index contributed by atoms with van der Waals surface area (Å²) in [6, 6.07) is 10.2. The zero-order valence-electron chi connectivity index (χ0n) is 13.0. The molecule has 0 unspecified atom stereocenters. The number of hydrogen-bond acceptors (Lipinski definition) is 6. The summed E-state index contributed by atoms with van der Waals surface area (Å²) in [5.74, 6) is -2.34. The summed E-state index contributed by atoms with van der Waals surface area (Å²) in [6.07, 6.45) is 0.967. The van der Waals surface area contributed by atoms with Crippen LogP contribution in [0, 0.1) is 21.4 Å². The van der Waals surface area contributed by atoms with Gasteiger partial charge in [0.25, 0.3) is 11.6 Å². The monoisotopic (exact) mass is 353 g/mol. The second kappa shape index (κ2) is 7.59. The molecule has 0 aliphatic heterocycles. The number of aromatic carboxylic acids is 1. The van der Waals surface area contributed by atoms with Crippen molar-refractivity contribution in [2.45, 2.75) is 0 Å². The molecule has 0 fully saturated rings. The number of benzene rings is 2. The molecule has 2 aromatic carbocycles. The Morgan fingerprint density at radius 2 is 1.96 bits per heavy atom. The van der Waals surface area contributed by atoms with Crippen molar-refractivity contribution in [2.75, 3.05) is 5.32 Å². The summed E-state index contributed by atoms with van der Waals surface area (Å²) < 4.78 is 0. The van der Waals surface area contributed by atoms with Crippen molar-refractivity contribution >= 4 is 29.3 Å². The fourth-order valence-corrected chi connectivity index (χ4v) is 2.06. The number of phenolic OH excluding ortho intramolecular Hbond substituents is 1. The average molecular weight is 353 g/mol. The van der Waals surface area contributed by atoms with E-state index in [1.807, 2.05) is 0 Å². The van der Waals surface area contributed by atoms with Gasteiger partial charge in [0, 0.05) is 11.8 Å². The second-order valence-corrected chi connectivity index (χ2v) is 5.01. The molecule has 9 nitrogen and oxygen atoms in total. The summed E-state index contributed by atoms with van der Waals surface area (Å²) in [7, 11) is 0. The van der Waals surface area contributed by atoms with Crippen LogP contribution in [0.25, 0.3) is 6.08 Å². The van der Waals surface area contributed by atoms with Crippen LogP contribution in [-0.4, -0.2) is 27.0 Å². The van der Waals surface area contributed by atoms with E-state index in [4.69, 9.17) is 5.11 Å². The number of nitro groups is 1. The Kier molecular flexibility index (Phi) is 5.30. The van der Waals surface area contributed by atoms with E-state index in [0.717, 1.165) is 24.3 Å². The molecule has 3 N–H and O–H groups in total. The maximum absolute atomic E-state index is 12.2. The maximum atomic E-state index is 12.2. The molecule has 0 aliphatic carbocycles. The highest BCUT2D eigenvalue weighted by molar-refractivity contribution is 6.10. The Morgan fingerprint density at radius 3 is 2.58 bits per heavy atom. The quantitative estimate of drug-likeness (QED) is 0.323. The van der Waals surface area contributed by atoms with E-state index in [9.17, 15) is 30.1 Å². The van der Waals surface area contributed by atoms with Gasteiger partial charge < -0.3 is 15.5 Å². The second-order valence-electron chi connectivity index (χ2n) is 5.01. The lowest BCUT2D eigenvalue weighted by atomic mass is 10.1. The minimum atomic E-state index is -1.19. The lowest BCUT2D eigenvalue weighted by Crippen LogP contribution is -2.14. The molecule has 9 heteroatoms. The molecule has 0 radical (unpaired) electrons. The predicted molar refractivity (Wildman–Crippen MR) is 90.4 cm³/mol. The van der Waals surface area contributed by atoms with Gasteiger partial charge in [-0.25, -0.2) is 4.79 Å². The van der Waals surface area contributed by atoms with Crippen LogP contribution < -0.4 is 5.32 Å². The molecule has 2 rings (SSSR count). The zero-order valence-corrected chi connectivity index (χ0v) is 13.0. The third-order valence-corrected chi connectivity index (χ3v) is 3.24. The minimum Gasteiger partial charge on any atom is -0.508 e. The number of hydrogen-bond donors (Lipinski definition) is 3. The Labute approximate surface area is 146 Å². The van der Waals surface area contributed by atoms with Crippen LogP contribution >= 0.6 is 0 Å². The van der Waals surface area contributed by atoms with Crippen LogP contribution in [0.1, 0.15) is 15.9 Å². The van der Waals surface area contributed by atoms with E-state index in [1.54, 1.807) is 6.07 Å². The Bertz CT molecular complexity index is 975. The van der Waals surface area contributed by atoms with Gasteiger partial charge in [0.15, 0.2) is 0 Å². The standard InChI is InChI=1S/C17H11N3O6/c18-9-12(6-11-8-14(21)4-5-15(11)20(25)26)16(22)19-13-3-1-2-10(7-13)17(23)24/h1-8,21H,(H,19,22)(H,23,24)/b12-6-. The van der Waals surface area contributed by atoms with Gasteiger partial charge >= 0.3 is 5.97 Å². The molecule has 2 aromatic rings. The molecule has 0 aliphatic rings. The van der Waals surface area contributed by atoms with Crippen LogP contribution in [0.15, 0.2) is 48.0 Å². The van der Waals surface area contributed by atoms with Gasteiger partial charge in [0.2, 0.25) is 0 Å². The normalized spacial score (nSPS) is 10.7. The summed E-state index contributed by atoms with van der Waals surface area (Å²) in [6.45, 7) is 0. The minimum absolute atomic E-state index is 0.0612. The Balaban J connectivity index is 2.35. The van der Waals surface area contributed by atoms with E-state index in [0.29, 0.717) is 0 Å². The molecule has 0 bridgehead atoms. The van der Waals surface area contributed by atoms with Gasteiger partial charge in [-0.15, -0.1) is 0 Å². The average Bonchev–Trinajstić information content (AvgIpc) is 2.59. The SMILES string of the molecule is N#C/C(=C/c1cc(O)ccc1[N+](=O)[O-])C(=O)Nc1cccc(C(=O)O)c1. The third-order valence-electron chi connectivity index (χ3n) is 3.24. The van der Waals surface area contributed by atoms with Gasteiger partial charge in [0.05, 0.1) is 16.1 Å². The van der Waals surface area contributed by atoms with Crippen molar-refractivity contribution in [3.8, 4) is 11.8 Å².